The maximum Gasteiger partial charge on any atom is 0.347 e. The third kappa shape index (κ3) is 2.88. The van der Waals surface area contributed by atoms with Crippen LogP contribution in [0.3, 0.4) is 0 Å². The highest BCUT2D eigenvalue weighted by Crippen LogP contribution is 2.28. The largest absolute Gasteiger partial charge is 0.507 e. The Hall–Kier alpha value is -1.59. The molecule has 0 aliphatic carbocycles. The zero-order valence-electron chi connectivity index (χ0n) is 9.74. The van der Waals surface area contributed by atoms with Gasteiger partial charge in [-0.05, 0) is 41.1 Å². The summed E-state index contributed by atoms with van der Waals surface area (Å²) in [7, 11) is 0. The normalized spacial score (nSPS) is 11.8. The number of ketones is 1. The summed E-state index contributed by atoms with van der Waals surface area (Å²) in [6.07, 6.45) is 0.956. The van der Waals surface area contributed by atoms with Gasteiger partial charge in [-0.3, -0.25) is 4.79 Å². The van der Waals surface area contributed by atoms with Crippen LogP contribution in [0.4, 0.5) is 0 Å². The van der Waals surface area contributed by atoms with Gasteiger partial charge in [-0.2, -0.15) is 0 Å². The van der Waals surface area contributed by atoms with Crippen LogP contribution in [0.5, 0.6) is 0 Å². The van der Waals surface area contributed by atoms with Crippen molar-refractivity contribution < 1.29 is 14.3 Å². The molecule has 1 aromatic heterocycles. The van der Waals surface area contributed by atoms with Crippen molar-refractivity contribution in [2.24, 2.45) is 0 Å². The quantitative estimate of drug-likeness (QED) is 0.513. The van der Waals surface area contributed by atoms with Crippen LogP contribution in [0.25, 0.3) is 16.7 Å². The smallest absolute Gasteiger partial charge is 0.347 e. The first-order valence-corrected chi connectivity index (χ1v) is 6.40. The number of hydrogen-bond donors (Lipinski definition) is 1. The maximum atomic E-state index is 11.8. The molecule has 0 radical (unpaired) electrons. The molecule has 1 heterocycles. The van der Waals surface area contributed by atoms with Gasteiger partial charge in [0.25, 0.3) is 0 Å². The highest BCUT2D eigenvalue weighted by Gasteiger charge is 2.12. The van der Waals surface area contributed by atoms with E-state index >= 15 is 0 Å². The van der Waals surface area contributed by atoms with Crippen LogP contribution in [0.2, 0.25) is 5.02 Å². The molecule has 1 aromatic carbocycles. The number of halogens is 2. The van der Waals surface area contributed by atoms with Gasteiger partial charge in [0.1, 0.15) is 11.3 Å². The molecule has 0 aliphatic heterocycles. The zero-order valence-corrected chi connectivity index (χ0v) is 12.1. The Morgan fingerprint density at radius 2 is 2.11 bits per heavy atom. The minimum Gasteiger partial charge on any atom is -0.507 e. The second kappa shape index (κ2) is 5.19. The first-order valence-electron chi connectivity index (χ1n) is 5.23. The summed E-state index contributed by atoms with van der Waals surface area (Å²) < 4.78 is 5.64. The summed E-state index contributed by atoms with van der Waals surface area (Å²) in [5, 5.41) is 10.7. The number of hydrogen-bond acceptors (Lipinski definition) is 4. The molecule has 98 valence electrons. The van der Waals surface area contributed by atoms with Crippen molar-refractivity contribution in [3.63, 3.8) is 0 Å². The van der Waals surface area contributed by atoms with E-state index in [0.29, 0.717) is 20.5 Å². The summed E-state index contributed by atoms with van der Waals surface area (Å²) in [5.41, 5.74) is -0.490. The molecule has 0 spiro atoms. The number of allylic oxidation sites excluding steroid dienone is 1. The molecule has 0 unspecified atom stereocenters. The molecule has 19 heavy (non-hydrogen) atoms. The molecule has 0 saturated heterocycles. The van der Waals surface area contributed by atoms with Crippen LogP contribution < -0.4 is 5.63 Å². The fraction of sp³-hybridized carbons (Fsp3) is 0.0769. The summed E-state index contributed by atoms with van der Waals surface area (Å²) in [4.78, 5) is 22.7. The third-order valence-electron chi connectivity index (χ3n) is 2.37. The SMILES string of the molecule is CC(=O)/C=C(\O)c1cc2cc(Cl)cc(Br)c2oc1=O. The predicted octanol–water partition coefficient (Wildman–Crippen LogP) is 3.70. The number of fused-ring (bicyclic) bond motifs is 1. The van der Waals surface area contributed by atoms with Crippen molar-refractivity contribution in [1.82, 2.24) is 0 Å². The second-order valence-corrected chi connectivity index (χ2v) is 5.18. The van der Waals surface area contributed by atoms with Crippen molar-refractivity contribution in [1.29, 1.82) is 0 Å². The van der Waals surface area contributed by atoms with E-state index in [2.05, 4.69) is 15.9 Å². The van der Waals surface area contributed by atoms with E-state index in [9.17, 15) is 14.7 Å². The second-order valence-electron chi connectivity index (χ2n) is 3.89. The molecular formula is C13H8BrClO4. The predicted molar refractivity (Wildman–Crippen MR) is 76.5 cm³/mol. The van der Waals surface area contributed by atoms with Crippen LogP contribution >= 0.6 is 27.5 Å². The molecule has 0 aliphatic rings. The van der Waals surface area contributed by atoms with Gasteiger partial charge in [0, 0.05) is 16.5 Å². The molecule has 0 atom stereocenters. The molecule has 0 bridgehead atoms. The van der Waals surface area contributed by atoms with Gasteiger partial charge in [-0.15, -0.1) is 0 Å². The highest BCUT2D eigenvalue weighted by molar-refractivity contribution is 9.10. The first-order chi connectivity index (χ1) is 8.88. The van der Waals surface area contributed by atoms with E-state index in [0.717, 1.165) is 6.08 Å². The van der Waals surface area contributed by atoms with E-state index in [1.165, 1.54) is 13.0 Å². The standard InChI is InChI=1S/C13H8BrClO4/c1-6(16)2-11(17)9-4-7-3-8(15)5-10(14)12(7)19-13(9)18/h2-5,17H,1H3/b11-2-. The van der Waals surface area contributed by atoms with Crippen molar-refractivity contribution in [3.05, 3.63) is 49.8 Å². The lowest BCUT2D eigenvalue weighted by atomic mass is 10.1. The Morgan fingerprint density at radius 1 is 1.42 bits per heavy atom. The van der Waals surface area contributed by atoms with E-state index in [4.69, 9.17) is 16.0 Å². The van der Waals surface area contributed by atoms with Crippen molar-refractivity contribution >= 4 is 50.0 Å². The lowest BCUT2D eigenvalue weighted by Gasteiger charge is -2.03. The summed E-state index contributed by atoms with van der Waals surface area (Å²) >= 11 is 9.13. The van der Waals surface area contributed by atoms with Crippen molar-refractivity contribution in [2.75, 3.05) is 0 Å². The minimum atomic E-state index is -0.731. The monoisotopic (exact) mass is 342 g/mol. The molecule has 0 amide bonds. The summed E-state index contributed by atoms with van der Waals surface area (Å²) in [5.74, 6) is -0.802. The fourth-order valence-electron chi connectivity index (χ4n) is 1.61. The molecule has 4 nitrogen and oxygen atoms in total. The number of aliphatic hydroxyl groups is 1. The molecule has 0 saturated carbocycles. The van der Waals surface area contributed by atoms with Gasteiger partial charge < -0.3 is 9.52 Å². The van der Waals surface area contributed by atoms with Crippen LogP contribution in [-0.4, -0.2) is 10.9 Å². The molecule has 6 heteroatoms. The zero-order chi connectivity index (χ0) is 14.2. The number of rotatable bonds is 2. The third-order valence-corrected chi connectivity index (χ3v) is 3.17. The van der Waals surface area contributed by atoms with E-state index in [1.54, 1.807) is 12.1 Å². The van der Waals surface area contributed by atoms with Crippen LogP contribution in [0.15, 0.2) is 38.0 Å². The molecular weight excluding hydrogens is 335 g/mol. The molecule has 1 N–H and O–H groups in total. The van der Waals surface area contributed by atoms with Gasteiger partial charge in [0.15, 0.2) is 11.4 Å². The van der Waals surface area contributed by atoms with Gasteiger partial charge >= 0.3 is 5.63 Å². The topological polar surface area (TPSA) is 67.5 Å². The fourth-order valence-corrected chi connectivity index (χ4v) is 2.52. The van der Waals surface area contributed by atoms with Crippen LogP contribution in [0.1, 0.15) is 12.5 Å². The Bertz CT molecular complexity index is 761. The maximum absolute atomic E-state index is 11.8. The Labute approximate surface area is 121 Å². The lowest BCUT2D eigenvalue weighted by molar-refractivity contribution is -0.112. The van der Waals surface area contributed by atoms with Gasteiger partial charge in [-0.1, -0.05) is 11.6 Å². The summed E-state index contributed by atoms with van der Waals surface area (Å²) in [6, 6.07) is 4.61. The van der Waals surface area contributed by atoms with Gasteiger partial charge in [0.05, 0.1) is 4.47 Å². The average molecular weight is 344 g/mol. The minimum absolute atomic E-state index is 0.0862. The Kier molecular flexibility index (Phi) is 3.78. The number of benzene rings is 1. The molecule has 2 aromatic rings. The van der Waals surface area contributed by atoms with Crippen molar-refractivity contribution in [3.8, 4) is 0 Å². The number of carbonyl (C=O) groups excluding carboxylic acids is 1. The van der Waals surface area contributed by atoms with E-state index in [1.807, 2.05) is 0 Å². The molecule has 0 fully saturated rings. The Morgan fingerprint density at radius 3 is 2.74 bits per heavy atom. The van der Waals surface area contributed by atoms with E-state index in [-0.39, 0.29) is 11.3 Å². The van der Waals surface area contributed by atoms with Crippen molar-refractivity contribution in [2.45, 2.75) is 6.92 Å². The molecule has 2 rings (SSSR count). The van der Waals surface area contributed by atoms with Crippen LogP contribution in [-0.2, 0) is 4.79 Å². The lowest BCUT2D eigenvalue weighted by Crippen LogP contribution is -2.07. The highest BCUT2D eigenvalue weighted by atomic mass is 79.9. The van der Waals surface area contributed by atoms with Gasteiger partial charge in [-0.25, -0.2) is 4.79 Å². The number of aliphatic hydroxyl groups excluding tert-OH is 1. The Balaban J connectivity index is 2.75. The first kappa shape index (κ1) is 13.8. The summed E-state index contributed by atoms with van der Waals surface area (Å²) in [6.45, 7) is 1.27. The number of carbonyl (C=O) groups is 1. The van der Waals surface area contributed by atoms with Crippen LogP contribution in [0, 0.1) is 0 Å². The van der Waals surface area contributed by atoms with Gasteiger partial charge in [0.2, 0.25) is 0 Å². The average Bonchev–Trinajstić information content (AvgIpc) is 2.28. The van der Waals surface area contributed by atoms with E-state index < -0.39 is 11.4 Å².